The predicted molar refractivity (Wildman–Crippen MR) is 56.6 cm³/mol. The molecule has 2 aliphatic rings. The van der Waals surface area contributed by atoms with E-state index < -0.39 is 29.9 Å². The number of amides is 1. The van der Waals surface area contributed by atoms with Crippen LogP contribution in [0.4, 0.5) is 0 Å². The number of methoxy groups -OCH3 is 1. The van der Waals surface area contributed by atoms with Crippen molar-refractivity contribution in [2.24, 2.45) is 5.73 Å². The van der Waals surface area contributed by atoms with E-state index in [2.05, 4.69) is 4.74 Å². The zero-order chi connectivity index (χ0) is 12.6. The molecule has 0 saturated carbocycles. The van der Waals surface area contributed by atoms with Crippen LogP contribution in [0.3, 0.4) is 0 Å². The molecule has 0 radical (unpaired) electrons. The molecule has 6 heteroatoms. The molecule has 2 N–H and O–H groups in total. The number of esters is 1. The van der Waals surface area contributed by atoms with E-state index in [-0.39, 0.29) is 0 Å². The van der Waals surface area contributed by atoms with Crippen molar-refractivity contribution in [3.05, 3.63) is 23.8 Å². The Hall–Kier alpha value is -1.66. The highest BCUT2D eigenvalue weighted by Gasteiger charge is 2.50. The van der Waals surface area contributed by atoms with Crippen molar-refractivity contribution in [3.63, 3.8) is 0 Å². The topological polar surface area (TPSA) is 87.9 Å². The minimum atomic E-state index is -1.45. The average molecular weight is 239 g/mol. The molecule has 0 aromatic rings. The lowest BCUT2D eigenvalue weighted by atomic mass is 10.1. The lowest BCUT2D eigenvalue weighted by Crippen LogP contribution is -2.42. The van der Waals surface area contributed by atoms with Gasteiger partial charge >= 0.3 is 5.97 Å². The van der Waals surface area contributed by atoms with Crippen molar-refractivity contribution in [3.8, 4) is 0 Å². The first-order valence-electron chi connectivity index (χ1n) is 5.09. The van der Waals surface area contributed by atoms with Crippen LogP contribution in [0.15, 0.2) is 23.8 Å². The molecule has 1 fully saturated rings. The predicted octanol–water partition coefficient (Wildman–Crippen LogP) is -0.359. The molecule has 92 valence electrons. The Morgan fingerprint density at radius 3 is 2.82 bits per heavy atom. The summed E-state index contributed by atoms with van der Waals surface area (Å²) in [6.45, 7) is 1.46. The highest BCUT2D eigenvalue weighted by Crippen LogP contribution is 2.37. The molecule has 2 rings (SSSR count). The quantitative estimate of drug-likeness (QED) is 0.525. The molecule has 3 unspecified atom stereocenters. The normalized spacial score (nSPS) is 37.2. The minimum absolute atomic E-state index is 0.400. The summed E-state index contributed by atoms with van der Waals surface area (Å²) >= 11 is 0. The lowest BCUT2D eigenvalue weighted by Gasteiger charge is -2.19. The van der Waals surface area contributed by atoms with Gasteiger partial charge in [0.2, 0.25) is 5.79 Å². The summed E-state index contributed by atoms with van der Waals surface area (Å²) in [5.41, 5.74) is 5.79. The van der Waals surface area contributed by atoms with Crippen molar-refractivity contribution in [1.29, 1.82) is 0 Å². The number of nitrogens with two attached hydrogens (primary N) is 1. The Morgan fingerprint density at radius 1 is 1.53 bits per heavy atom. The molecule has 1 saturated heterocycles. The van der Waals surface area contributed by atoms with Crippen LogP contribution in [0, 0.1) is 0 Å². The van der Waals surface area contributed by atoms with Crippen LogP contribution >= 0.6 is 0 Å². The third-order valence-corrected chi connectivity index (χ3v) is 2.75. The second kappa shape index (κ2) is 3.97. The minimum Gasteiger partial charge on any atom is -0.466 e. The van der Waals surface area contributed by atoms with Crippen molar-refractivity contribution < 1.29 is 23.8 Å². The molecule has 1 amide bonds. The molecule has 0 spiro atoms. The summed E-state index contributed by atoms with van der Waals surface area (Å²) in [5, 5.41) is 0. The van der Waals surface area contributed by atoms with Gasteiger partial charge in [0, 0.05) is 6.08 Å². The number of ether oxygens (including phenoxy) is 3. The highest BCUT2D eigenvalue weighted by atomic mass is 16.8. The fourth-order valence-corrected chi connectivity index (χ4v) is 1.80. The third-order valence-electron chi connectivity index (χ3n) is 2.75. The SMILES string of the molecule is COC(=O)/C=C1\C=CC2OC(C)(C(N)=O)OC12. The van der Waals surface area contributed by atoms with E-state index in [0.717, 1.165) is 0 Å². The van der Waals surface area contributed by atoms with Gasteiger partial charge in [0.1, 0.15) is 12.2 Å². The smallest absolute Gasteiger partial charge is 0.330 e. The maximum absolute atomic E-state index is 11.2. The number of hydrogen-bond donors (Lipinski definition) is 1. The summed E-state index contributed by atoms with van der Waals surface area (Å²) in [7, 11) is 1.29. The maximum atomic E-state index is 11.2. The zero-order valence-corrected chi connectivity index (χ0v) is 9.51. The monoisotopic (exact) mass is 239 g/mol. The molecule has 1 heterocycles. The molecule has 0 aromatic heterocycles. The van der Waals surface area contributed by atoms with Gasteiger partial charge < -0.3 is 19.9 Å². The van der Waals surface area contributed by atoms with Crippen LogP contribution in [-0.2, 0) is 23.8 Å². The van der Waals surface area contributed by atoms with E-state index in [1.54, 1.807) is 12.2 Å². The second-order valence-electron chi connectivity index (χ2n) is 3.96. The summed E-state index contributed by atoms with van der Waals surface area (Å²) < 4.78 is 15.4. The molecule has 3 atom stereocenters. The number of fused-ring (bicyclic) bond motifs is 1. The maximum Gasteiger partial charge on any atom is 0.330 e. The van der Waals surface area contributed by atoms with Gasteiger partial charge in [-0.25, -0.2) is 4.79 Å². The fraction of sp³-hybridized carbons (Fsp3) is 0.455. The van der Waals surface area contributed by atoms with Gasteiger partial charge in [0.25, 0.3) is 5.91 Å². The van der Waals surface area contributed by atoms with Gasteiger partial charge in [-0.2, -0.15) is 0 Å². The van der Waals surface area contributed by atoms with Gasteiger partial charge in [0.15, 0.2) is 0 Å². The van der Waals surface area contributed by atoms with Gasteiger partial charge in [-0.15, -0.1) is 0 Å². The average Bonchev–Trinajstić information content (AvgIpc) is 2.78. The first kappa shape index (κ1) is 11.8. The standard InChI is InChI=1S/C11H13NO5/c1-11(10(12)14)16-7-4-3-6(9(7)17-11)5-8(13)15-2/h3-5,7,9H,1-2H3,(H2,12,14)/b6-5+. The molecule has 6 nitrogen and oxygen atoms in total. The fourth-order valence-electron chi connectivity index (χ4n) is 1.80. The first-order valence-corrected chi connectivity index (χ1v) is 5.09. The number of primary amides is 1. The summed E-state index contributed by atoms with van der Waals surface area (Å²) in [5.74, 6) is -2.63. The zero-order valence-electron chi connectivity index (χ0n) is 9.51. The van der Waals surface area contributed by atoms with Crippen molar-refractivity contribution in [1.82, 2.24) is 0 Å². The molecule has 0 aromatic carbocycles. The Kier molecular flexibility index (Phi) is 2.76. The van der Waals surface area contributed by atoms with Crippen molar-refractivity contribution in [2.75, 3.05) is 7.11 Å². The van der Waals surface area contributed by atoms with E-state index in [4.69, 9.17) is 15.2 Å². The second-order valence-corrected chi connectivity index (χ2v) is 3.96. The van der Waals surface area contributed by atoms with E-state index >= 15 is 0 Å². The highest BCUT2D eigenvalue weighted by molar-refractivity contribution is 5.84. The van der Waals surface area contributed by atoms with Crippen molar-refractivity contribution in [2.45, 2.75) is 24.9 Å². The Bertz CT molecular complexity index is 428. The molecule has 0 bridgehead atoms. The summed E-state index contributed by atoms with van der Waals surface area (Å²) in [6, 6.07) is 0. The van der Waals surface area contributed by atoms with Crippen LogP contribution in [0.25, 0.3) is 0 Å². The Labute approximate surface area is 98.0 Å². The van der Waals surface area contributed by atoms with Crippen molar-refractivity contribution >= 4 is 11.9 Å². The van der Waals surface area contributed by atoms with E-state index in [1.165, 1.54) is 20.1 Å². The van der Waals surface area contributed by atoms with Gasteiger partial charge in [-0.1, -0.05) is 12.2 Å². The number of carbonyl (C=O) groups is 2. The van der Waals surface area contributed by atoms with Crippen LogP contribution in [0.1, 0.15) is 6.92 Å². The summed E-state index contributed by atoms with van der Waals surface area (Å²) in [6.07, 6.45) is 3.83. The third kappa shape index (κ3) is 1.96. The first-order chi connectivity index (χ1) is 7.96. The van der Waals surface area contributed by atoms with E-state index in [0.29, 0.717) is 5.57 Å². The molecule has 1 aliphatic carbocycles. The van der Waals surface area contributed by atoms with Gasteiger partial charge in [-0.3, -0.25) is 4.79 Å². The molecular formula is C11H13NO5. The van der Waals surface area contributed by atoms with Crippen LogP contribution < -0.4 is 5.73 Å². The number of carbonyl (C=O) groups excluding carboxylic acids is 2. The number of rotatable bonds is 2. The summed E-state index contributed by atoms with van der Waals surface area (Å²) in [4.78, 5) is 22.3. The van der Waals surface area contributed by atoms with Crippen LogP contribution in [-0.4, -0.2) is 37.0 Å². The van der Waals surface area contributed by atoms with Gasteiger partial charge in [-0.05, 0) is 12.5 Å². The number of hydrogen-bond acceptors (Lipinski definition) is 5. The molecule has 17 heavy (non-hydrogen) atoms. The van der Waals surface area contributed by atoms with E-state index in [9.17, 15) is 9.59 Å². The Morgan fingerprint density at radius 2 is 2.24 bits per heavy atom. The van der Waals surface area contributed by atoms with Crippen LogP contribution in [0.2, 0.25) is 0 Å². The lowest BCUT2D eigenvalue weighted by molar-refractivity contribution is -0.178. The Balaban J connectivity index is 2.19. The van der Waals surface area contributed by atoms with E-state index in [1.807, 2.05) is 0 Å². The van der Waals surface area contributed by atoms with Gasteiger partial charge in [0.05, 0.1) is 7.11 Å². The van der Waals surface area contributed by atoms with Crippen LogP contribution in [0.5, 0.6) is 0 Å². The largest absolute Gasteiger partial charge is 0.466 e. The molecule has 1 aliphatic heterocycles. The molecular weight excluding hydrogens is 226 g/mol.